The third kappa shape index (κ3) is 3.92. The smallest absolute Gasteiger partial charge is 0.266 e. The van der Waals surface area contributed by atoms with E-state index in [1.54, 1.807) is 24.3 Å². The van der Waals surface area contributed by atoms with Crippen molar-refractivity contribution < 1.29 is 14.2 Å². The fraction of sp³-hybridized carbons (Fsp3) is 0.250. The van der Waals surface area contributed by atoms with Crippen LogP contribution in [0.25, 0.3) is 0 Å². The van der Waals surface area contributed by atoms with Crippen LogP contribution in [0.1, 0.15) is 17.6 Å². The second-order valence-electron chi connectivity index (χ2n) is 3.80. The van der Waals surface area contributed by atoms with Crippen LogP contribution in [0.3, 0.4) is 0 Å². The first-order valence-corrected chi connectivity index (χ1v) is 6.47. The minimum absolute atomic E-state index is 0.172. The molecule has 1 N–H and O–H groups in total. The minimum Gasteiger partial charge on any atom is -0.385 e. The molecule has 7 heteroatoms. The Hall–Kier alpha value is -2.15. The number of hydrogen-bond donors (Lipinski definition) is 1. The van der Waals surface area contributed by atoms with Crippen LogP contribution < -0.4 is 5.32 Å². The topological polar surface area (TPSA) is 76.7 Å². The van der Waals surface area contributed by atoms with Crippen LogP contribution in [-0.4, -0.2) is 23.4 Å². The van der Waals surface area contributed by atoms with E-state index in [1.807, 2.05) is 24.4 Å². The molecule has 0 aliphatic carbocycles. The predicted octanol–water partition coefficient (Wildman–Crippen LogP) is 2.42. The van der Waals surface area contributed by atoms with Crippen LogP contribution >= 0.6 is 11.3 Å². The monoisotopic (exact) mass is 279 g/mol. The van der Waals surface area contributed by atoms with Gasteiger partial charge in [-0.05, 0) is 25.3 Å². The highest BCUT2D eigenvalue weighted by atomic mass is 32.1. The Bertz CT molecular complexity index is 575. The largest absolute Gasteiger partial charge is 0.385 e. The number of nitrogens with zero attached hydrogens (tertiary/aromatic N) is 2. The van der Waals surface area contributed by atoms with Crippen molar-refractivity contribution in [1.29, 1.82) is 0 Å². The summed E-state index contributed by atoms with van der Waals surface area (Å²) in [6, 6.07) is 5.49. The Balaban J connectivity index is 1.79. The molecule has 1 amide bonds. The number of aromatic nitrogens is 1. The molecule has 6 nitrogen and oxygen atoms in total. The molecule has 0 fully saturated rings. The molecule has 0 spiro atoms. The lowest BCUT2D eigenvalue weighted by Gasteiger charge is -2.01. The molecule has 2 aromatic rings. The Kier molecular flexibility index (Phi) is 4.30. The summed E-state index contributed by atoms with van der Waals surface area (Å²) in [7, 11) is 0. The molecule has 2 rings (SSSR count). The van der Waals surface area contributed by atoms with Crippen LogP contribution in [0.2, 0.25) is 0 Å². The number of nitrogens with one attached hydrogen (secondary N) is 1. The SMILES string of the molecule is CC(=NOCC(=O)Nc1cc(C)on1)c1cccs1. The van der Waals surface area contributed by atoms with Gasteiger partial charge in [0, 0.05) is 6.07 Å². The van der Waals surface area contributed by atoms with Crippen molar-refractivity contribution in [2.45, 2.75) is 13.8 Å². The van der Waals surface area contributed by atoms with Gasteiger partial charge in [0.25, 0.3) is 5.91 Å². The standard InChI is InChI=1S/C12H13N3O3S/c1-8-6-11(15-18-8)13-12(16)7-17-14-9(2)10-4-3-5-19-10/h3-6H,7H2,1-2H3,(H,13,15,16). The van der Waals surface area contributed by atoms with Crippen molar-refractivity contribution >= 4 is 28.8 Å². The van der Waals surface area contributed by atoms with Crippen LogP contribution in [0.5, 0.6) is 0 Å². The number of carbonyl (C=O) groups excluding carboxylic acids is 1. The molecule has 0 bridgehead atoms. The number of amides is 1. The number of carbonyl (C=O) groups is 1. The minimum atomic E-state index is -0.337. The van der Waals surface area contributed by atoms with Gasteiger partial charge in [0.05, 0.1) is 10.6 Å². The van der Waals surface area contributed by atoms with Crippen LogP contribution in [0.4, 0.5) is 5.82 Å². The first kappa shape index (κ1) is 13.3. The molecule has 19 heavy (non-hydrogen) atoms. The van der Waals surface area contributed by atoms with Crippen molar-refractivity contribution in [2.75, 3.05) is 11.9 Å². The van der Waals surface area contributed by atoms with Crippen molar-refractivity contribution in [3.8, 4) is 0 Å². The van der Waals surface area contributed by atoms with Crippen LogP contribution in [0, 0.1) is 6.92 Å². The highest BCUT2D eigenvalue weighted by molar-refractivity contribution is 7.12. The maximum Gasteiger partial charge on any atom is 0.266 e. The maximum absolute atomic E-state index is 11.5. The van der Waals surface area contributed by atoms with Gasteiger partial charge in [-0.25, -0.2) is 0 Å². The second-order valence-corrected chi connectivity index (χ2v) is 4.75. The van der Waals surface area contributed by atoms with Crippen molar-refractivity contribution in [3.63, 3.8) is 0 Å². The summed E-state index contributed by atoms with van der Waals surface area (Å²) < 4.78 is 4.83. The van der Waals surface area contributed by atoms with Crippen molar-refractivity contribution in [3.05, 3.63) is 34.2 Å². The van der Waals surface area contributed by atoms with E-state index in [4.69, 9.17) is 9.36 Å². The lowest BCUT2D eigenvalue weighted by molar-refractivity contribution is -0.120. The molecule has 0 saturated heterocycles. The molecule has 2 aromatic heterocycles. The first-order valence-electron chi connectivity index (χ1n) is 5.59. The summed E-state index contributed by atoms with van der Waals surface area (Å²) in [6.07, 6.45) is 0. The molecule has 0 aromatic carbocycles. The van der Waals surface area contributed by atoms with E-state index in [2.05, 4.69) is 15.6 Å². The Morgan fingerprint density at radius 1 is 1.63 bits per heavy atom. The number of anilines is 1. The number of aryl methyl sites for hydroxylation is 1. The highest BCUT2D eigenvalue weighted by Gasteiger charge is 2.06. The van der Waals surface area contributed by atoms with E-state index in [-0.39, 0.29) is 12.5 Å². The van der Waals surface area contributed by atoms with Gasteiger partial charge in [-0.2, -0.15) is 0 Å². The molecule has 0 saturated carbocycles. The average Bonchev–Trinajstić information content (AvgIpc) is 3.00. The molecule has 0 aliphatic rings. The quantitative estimate of drug-likeness (QED) is 0.673. The number of thiophene rings is 1. The summed E-state index contributed by atoms with van der Waals surface area (Å²) in [5.74, 6) is 0.656. The lowest BCUT2D eigenvalue weighted by Crippen LogP contribution is -2.17. The van der Waals surface area contributed by atoms with Gasteiger partial charge >= 0.3 is 0 Å². The molecule has 0 aliphatic heterocycles. The van der Waals surface area contributed by atoms with Gasteiger partial charge in [-0.1, -0.05) is 16.4 Å². The Morgan fingerprint density at radius 3 is 3.11 bits per heavy atom. The van der Waals surface area contributed by atoms with Gasteiger partial charge in [0.2, 0.25) is 0 Å². The van der Waals surface area contributed by atoms with Gasteiger partial charge < -0.3 is 14.7 Å². The van der Waals surface area contributed by atoms with E-state index in [1.165, 1.54) is 0 Å². The summed E-state index contributed by atoms with van der Waals surface area (Å²) in [5.41, 5.74) is 0.736. The van der Waals surface area contributed by atoms with Gasteiger partial charge in [-0.15, -0.1) is 11.3 Å². The summed E-state index contributed by atoms with van der Waals surface area (Å²) in [4.78, 5) is 17.5. The second kappa shape index (κ2) is 6.14. The average molecular weight is 279 g/mol. The predicted molar refractivity (Wildman–Crippen MR) is 72.4 cm³/mol. The maximum atomic E-state index is 11.5. The van der Waals surface area contributed by atoms with E-state index in [0.29, 0.717) is 11.6 Å². The van der Waals surface area contributed by atoms with E-state index in [0.717, 1.165) is 10.6 Å². The summed E-state index contributed by atoms with van der Waals surface area (Å²) in [5, 5.41) is 12.0. The third-order valence-electron chi connectivity index (χ3n) is 2.17. The fourth-order valence-corrected chi connectivity index (χ4v) is 1.99. The zero-order chi connectivity index (χ0) is 13.7. The van der Waals surface area contributed by atoms with E-state index >= 15 is 0 Å². The molecule has 100 valence electrons. The van der Waals surface area contributed by atoms with Gasteiger partial charge in [0.1, 0.15) is 5.76 Å². The van der Waals surface area contributed by atoms with Gasteiger partial charge in [-0.3, -0.25) is 4.79 Å². The number of rotatable bonds is 5. The number of hydrogen-bond acceptors (Lipinski definition) is 6. The zero-order valence-corrected chi connectivity index (χ0v) is 11.4. The summed E-state index contributed by atoms with van der Waals surface area (Å²) in [6.45, 7) is 3.40. The molecular weight excluding hydrogens is 266 g/mol. The Labute approximate surface area is 114 Å². The normalized spacial score (nSPS) is 11.4. The van der Waals surface area contributed by atoms with Crippen molar-refractivity contribution in [2.24, 2.45) is 5.16 Å². The third-order valence-corrected chi connectivity index (χ3v) is 3.15. The molecule has 2 heterocycles. The molecule has 0 atom stereocenters. The van der Waals surface area contributed by atoms with E-state index in [9.17, 15) is 4.79 Å². The fourth-order valence-electron chi connectivity index (χ4n) is 1.32. The van der Waals surface area contributed by atoms with Crippen LogP contribution in [0.15, 0.2) is 33.3 Å². The molecular formula is C12H13N3O3S. The van der Waals surface area contributed by atoms with Gasteiger partial charge in [0.15, 0.2) is 12.4 Å². The molecule has 0 unspecified atom stereocenters. The highest BCUT2D eigenvalue weighted by Crippen LogP contribution is 2.10. The summed E-state index contributed by atoms with van der Waals surface area (Å²) >= 11 is 1.56. The van der Waals surface area contributed by atoms with E-state index < -0.39 is 0 Å². The lowest BCUT2D eigenvalue weighted by atomic mass is 10.3. The zero-order valence-electron chi connectivity index (χ0n) is 10.5. The van der Waals surface area contributed by atoms with Crippen molar-refractivity contribution in [1.82, 2.24) is 5.16 Å². The van der Waals surface area contributed by atoms with Crippen LogP contribution in [-0.2, 0) is 9.63 Å². The number of oxime groups is 1. The Morgan fingerprint density at radius 2 is 2.47 bits per heavy atom. The first-order chi connectivity index (χ1) is 9.15. The molecule has 0 radical (unpaired) electrons.